The molecule has 156 valence electrons. The molecular weight excluding hydrogens is 515 g/mol. The van der Waals surface area contributed by atoms with Gasteiger partial charge < -0.3 is 10.1 Å². The van der Waals surface area contributed by atoms with Gasteiger partial charge in [0.1, 0.15) is 5.75 Å². The second-order valence-corrected chi connectivity index (χ2v) is 9.47. The van der Waals surface area contributed by atoms with E-state index in [1.807, 2.05) is 6.07 Å². The van der Waals surface area contributed by atoms with Crippen LogP contribution in [0.25, 0.3) is 0 Å². The summed E-state index contributed by atoms with van der Waals surface area (Å²) in [5.74, 6) is 0.0129. The molecule has 10 heteroatoms. The maximum absolute atomic E-state index is 12.5. The molecule has 0 radical (unpaired) electrons. The van der Waals surface area contributed by atoms with Crippen LogP contribution < -0.4 is 14.8 Å². The van der Waals surface area contributed by atoms with Gasteiger partial charge in [-0.15, -0.1) is 0 Å². The van der Waals surface area contributed by atoms with E-state index < -0.39 is 10.0 Å². The molecule has 3 rings (SSSR count). The summed E-state index contributed by atoms with van der Waals surface area (Å²) in [6, 6.07) is 17.3. The summed E-state index contributed by atoms with van der Waals surface area (Å²) in [7, 11) is -3.83. The Kier molecular flexibility index (Phi) is 7.25. The lowest BCUT2D eigenvalue weighted by Gasteiger charge is -2.10. The smallest absolute Gasteiger partial charge is 0.262 e. The lowest BCUT2D eigenvalue weighted by atomic mass is 10.3. The summed E-state index contributed by atoms with van der Waals surface area (Å²) >= 11 is 15.1. The number of carbonyl (C=O) groups is 1. The molecule has 0 saturated carbocycles. The van der Waals surface area contributed by atoms with E-state index in [0.717, 1.165) is 4.47 Å². The highest BCUT2D eigenvalue weighted by Gasteiger charge is 2.15. The summed E-state index contributed by atoms with van der Waals surface area (Å²) in [6.07, 6.45) is 0. The number of carbonyl (C=O) groups excluding carboxylic acids is 1. The molecule has 0 fully saturated rings. The predicted molar refractivity (Wildman–Crippen MR) is 122 cm³/mol. The van der Waals surface area contributed by atoms with Gasteiger partial charge in [0, 0.05) is 10.2 Å². The molecule has 0 aromatic heterocycles. The van der Waals surface area contributed by atoms with Crippen LogP contribution in [0.2, 0.25) is 10.0 Å². The molecule has 6 nitrogen and oxygen atoms in total. The van der Waals surface area contributed by atoms with Crippen molar-refractivity contribution in [3.63, 3.8) is 0 Å². The Morgan fingerprint density at radius 1 is 0.933 bits per heavy atom. The molecule has 0 bridgehead atoms. The third-order valence-electron chi connectivity index (χ3n) is 3.78. The Balaban J connectivity index is 1.59. The first-order chi connectivity index (χ1) is 14.2. The molecule has 0 unspecified atom stereocenters. The first-order valence-corrected chi connectivity index (χ1v) is 11.5. The topological polar surface area (TPSA) is 84.5 Å². The van der Waals surface area contributed by atoms with Crippen LogP contribution in [0, 0.1) is 0 Å². The highest BCUT2D eigenvalue weighted by atomic mass is 79.9. The average Bonchev–Trinajstić information content (AvgIpc) is 2.69. The van der Waals surface area contributed by atoms with Gasteiger partial charge in [0.2, 0.25) is 0 Å². The van der Waals surface area contributed by atoms with E-state index in [1.54, 1.807) is 18.2 Å². The van der Waals surface area contributed by atoms with Crippen molar-refractivity contribution >= 4 is 66.4 Å². The molecule has 0 heterocycles. The number of hydrogen-bond donors (Lipinski definition) is 2. The number of benzene rings is 3. The number of sulfonamides is 1. The van der Waals surface area contributed by atoms with Gasteiger partial charge in [-0.25, -0.2) is 8.42 Å². The monoisotopic (exact) mass is 528 g/mol. The number of hydrogen-bond acceptors (Lipinski definition) is 4. The summed E-state index contributed by atoms with van der Waals surface area (Å²) in [5.41, 5.74) is 0.918. The van der Waals surface area contributed by atoms with Crippen LogP contribution in [0.1, 0.15) is 0 Å². The zero-order valence-corrected chi connectivity index (χ0v) is 19.1. The lowest BCUT2D eigenvalue weighted by molar-refractivity contribution is -0.118. The summed E-state index contributed by atoms with van der Waals surface area (Å²) in [5, 5.41) is 3.27. The van der Waals surface area contributed by atoms with Crippen LogP contribution in [-0.4, -0.2) is 20.9 Å². The Morgan fingerprint density at radius 2 is 1.67 bits per heavy atom. The van der Waals surface area contributed by atoms with Gasteiger partial charge in [-0.3, -0.25) is 9.52 Å². The van der Waals surface area contributed by atoms with Gasteiger partial charge in [-0.2, -0.15) is 0 Å². The van der Waals surface area contributed by atoms with Crippen LogP contribution in [0.4, 0.5) is 11.4 Å². The molecule has 0 aliphatic rings. The molecule has 0 aliphatic heterocycles. The summed E-state index contributed by atoms with van der Waals surface area (Å²) < 4.78 is 33.7. The molecular formula is C20H15BrCl2N2O4S. The Hall–Kier alpha value is -2.26. The lowest BCUT2D eigenvalue weighted by Crippen LogP contribution is -2.20. The number of ether oxygens (including phenoxy) is 1. The summed E-state index contributed by atoms with van der Waals surface area (Å²) in [6.45, 7) is -0.222. The maximum atomic E-state index is 12.5. The second-order valence-electron chi connectivity index (χ2n) is 6.05. The molecule has 3 aromatic rings. The molecule has 1 amide bonds. The second kappa shape index (κ2) is 9.70. The fourth-order valence-electron chi connectivity index (χ4n) is 2.40. The van der Waals surface area contributed by atoms with Crippen molar-refractivity contribution in [2.45, 2.75) is 4.90 Å². The first-order valence-electron chi connectivity index (χ1n) is 8.49. The quantitative estimate of drug-likeness (QED) is 0.418. The van der Waals surface area contributed by atoms with Crippen molar-refractivity contribution in [2.24, 2.45) is 0 Å². The van der Waals surface area contributed by atoms with Crippen molar-refractivity contribution in [2.75, 3.05) is 16.6 Å². The van der Waals surface area contributed by atoms with Crippen LogP contribution >= 0.6 is 39.1 Å². The molecule has 2 N–H and O–H groups in total. The Morgan fingerprint density at radius 3 is 2.33 bits per heavy atom. The molecule has 0 spiro atoms. The Bertz CT molecular complexity index is 1170. The molecule has 0 atom stereocenters. The van der Waals surface area contributed by atoms with E-state index in [0.29, 0.717) is 16.5 Å². The number of rotatable bonds is 7. The van der Waals surface area contributed by atoms with Crippen LogP contribution in [0.3, 0.4) is 0 Å². The van der Waals surface area contributed by atoms with E-state index in [2.05, 4.69) is 26.0 Å². The number of nitrogens with one attached hydrogen (secondary N) is 2. The number of halogens is 3. The highest BCUT2D eigenvalue weighted by molar-refractivity contribution is 9.10. The SMILES string of the molecule is O=C(COc1ccc(S(=O)(=O)Nc2ccc(Cl)c(Cl)c2)cc1)Nc1cccc(Br)c1. The van der Waals surface area contributed by atoms with Gasteiger partial charge in [-0.05, 0) is 60.7 Å². The fourth-order valence-corrected chi connectivity index (χ4v) is 4.15. The van der Waals surface area contributed by atoms with Crippen molar-refractivity contribution in [1.82, 2.24) is 0 Å². The van der Waals surface area contributed by atoms with Gasteiger partial charge >= 0.3 is 0 Å². The van der Waals surface area contributed by atoms with Gasteiger partial charge in [0.15, 0.2) is 6.61 Å². The van der Waals surface area contributed by atoms with E-state index in [1.165, 1.54) is 42.5 Å². The minimum Gasteiger partial charge on any atom is -0.484 e. The van der Waals surface area contributed by atoms with Crippen LogP contribution in [-0.2, 0) is 14.8 Å². The molecule has 0 aliphatic carbocycles. The number of amides is 1. The van der Waals surface area contributed by atoms with Gasteiger partial charge in [-0.1, -0.05) is 45.2 Å². The predicted octanol–water partition coefficient (Wildman–Crippen LogP) is 5.57. The van der Waals surface area contributed by atoms with E-state index in [-0.39, 0.29) is 28.1 Å². The molecule has 30 heavy (non-hydrogen) atoms. The van der Waals surface area contributed by atoms with Crippen LogP contribution in [0.5, 0.6) is 5.75 Å². The summed E-state index contributed by atoms with van der Waals surface area (Å²) in [4.78, 5) is 12.0. The first kappa shape index (κ1) is 22.4. The highest BCUT2D eigenvalue weighted by Crippen LogP contribution is 2.27. The third kappa shape index (κ3) is 6.12. The van der Waals surface area contributed by atoms with Crippen molar-refractivity contribution in [3.8, 4) is 5.75 Å². The van der Waals surface area contributed by atoms with E-state index in [9.17, 15) is 13.2 Å². The Labute approximate surface area is 192 Å². The van der Waals surface area contributed by atoms with E-state index in [4.69, 9.17) is 27.9 Å². The van der Waals surface area contributed by atoms with Crippen LogP contribution in [0.15, 0.2) is 76.1 Å². The molecule has 3 aromatic carbocycles. The average molecular weight is 530 g/mol. The third-order valence-corrected chi connectivity index (χ3v) is 6.41. The standard InChI is InChI=1S/C20H15BrCl2N2O4S/c21-13-2-1-3-14(10-13)24-20(26)12-29-16-5-7-17(8-6-16)30(27,28)25-15-4-9-18(22)19(23)11-15/h1-11,25H,12H2,(H,24,26). The van der Waals surface area contributed by atoms with Crippen molar-refractivity contribution in [1.29, 1.82) is 0 Å². The minimum absolute atomic E-state index is 0.0273. The zero-order valence-electron chi connectivity index (χ0n) is 15.2. The number of anilines is 2. The van der Waals surface area contributed by atoms with Gasteiger partial charge in [0.25, 0.3) is 15.9 Å². The van der Waals surface area contributed by atoms with Gasteiger partial charge in [0.05, 0.1) is 20.6 Å². The normalized spacial score (nSPS) is 11.0. The van der Waals surface area contributed by atoms with Crippen molar-refractivity contribution in [3.05, 3.63) is 81.2 Å². The van der Waals surface area contributed by atoms with Crippen molar-refractivity contribution < 1.29 is 17.9 Å². The minimum atomic E-state index is -3.83. The molecule has 0 saturated heterocycles. The van der Waals surface area contributed by atoms with E-state index >= 15 is 0 Å². The fraction of sp³-hybridized carbons (Fsp3) is 0.0500. The largest absolute Gasteiger partial charge is 0.484 e. The maximum Gasteiger partial charge on any atom is 0.262 e. The zero-order chi connectivity index (χ0) is 21.7.